The molecule has 0 spiro atoms. The minimum Gasteiger partial charge on any atom is -0.363 e. The van der Waals surface area contributed by atoms with E-state index in [4.69, 9.17) is 17.4 Å². The number of pyridine rings is 1. The van der Waals surface area contributed by atoms with Crippen LogP contribution in [-0.4, -0.2) is 62.2 Å². The number of nitrogens with one attached hydrogen (secondary N) is 2. The van der Waals surface area contributed by atoms with Crippen molar-refractivity contribution >= 4 is 34.4 Å². The molecular formula is C21H26ClFN8O. The number of nitrogen functional groups attached to an aromatic ring is 1. The molecule has 32 heavy (non-hydrogen) atoms. The first-order valence-electron chi connectivity index (χ1n) is 10.4. The van der Waals surface area contributed by atoms with Crippen molar-refractivity contribution in [3.05, 3.63) is 35.5 Å². The Kier molecular flexibility index (Phi) is 5.91. The topological polar surface area (TPSA) is 114 Å². The molecule has 0 saturated carbocycles. The second kappa shape index (κ2) is 8.51. The number of amides is 1. The van der Waals surface area contributed by atoms with E-state index in [0.29, 0.717) is 34.0 Å². The highest BCUT2D eigenvalue weighted by molar-refractivity contribution is 6.31. The lowest BCUT2D eigenvalue weighted by molar-refractivity contribution is -0.131. The molecule has 9 nitrogen and oxygen atoms in total. The van der Waals surface area contributed by atoms with Gasteiger partial charge in [0, 0.05) is 43.0 Å². The first-order valence-corrected chi connectivity index (χ1v) is 10.8. The molecule has 1 saturated heterocycles. The molecule has 1 atom stereocenters. The molecule has 3 aromatic rings. The summed E-state index contributed by atoms with van der Waals surface area (Å²) in [6.07, 6.45) is 5.99. The van der Waals surface area contributed by atoms with E-state index in [1.165, 1.54) is 10.9 Å². The number of carbonyl (C=O) groups is 1. The van der Waals surface area contributed by atoms with Gasteiger partial charge in [0.05, 0.1) is 16.8 Å². The van der Waals surface area contributed by atoms with Gasteiger partial charge in [-0.2, -0.15) is 0 Å². The summed E-state index contributed by atoms with van der Waals surface area (Å²) in [7, 11) is 1.63. The molecule has 0 bridgehead atoms. The summed E-state index contributed by atoms with van der Waals surface area (Å²) < 4.78 is 16.0. The summed E-state index contributed by atoms with van der Waals surface area (Å²) in [5, 5.41) is 7.04. The molecule has 4 rings (SSSR count). The van der Waals surface area contributed by atoms with Crippen molar-refractivity contribution < 1.29 is 9.18 Å². The van der Waals surface area contributed by atoms with Crippen molar-refractivity contribution in [3.63, 3.8) is 0 Å². The number of nitrogens with zero attached hydrogens (tertiary/aromatic N) is 5. The van der Waals surface area contributed by atoms with E-state index in [1.54, 1.807) is 19.3 Å². The van der Waals surface area contributed by atoms with Crippen LogP contribution in [0.1, 0.15) is 26.7 Å². The normalized spacial score (nSPS) is 17.5. The lowest BCUT2D eigenvalue weighted by atomic mass is 9.95. The average Bonchev–Trinajstić information content (AvgIpc) is 3.10. The van der Waals surface area contributed by atoms with E-state index in [9.17, 15) is 9.18 Å². The summed E-state index contributed by atoms with van der Waals surface area (Å²) in [6, 6.07) is 1.65. The van der Waals surface area contributed by atoms with Crippen LogP contribution in [0.25, 0.3) is 22.4 Å². The Labute approximate surface area is 190 Å². The minimum absolute atomic E-state index is 0.0564. The molecular weight excluding hydrogens is 435 g/mol. The number of likely N-dealkylation sites (N-methyl/N-ethyl adjacent to an activating group) is 1. The van der Waals surface area contributed by atoms with Crippen LogP contribution < -0.4 is 16.5 Å². The summed E-state index contributed by atoms with van der Waals surface area (Å²) in [5.74, 6) is 5.81. The highest BCUT2D eigenvalue weighted by atomic mass is 35.5. The van der Waals surface area contributed by atoms with Crippen LogP contribution in [0.2, 0.25) is 5.02 Å². The molecule has 1 fully saturated rings. The molecule has 1 aliphatic heterocycles. The van der Waals surface area contributed by atoms with Crippen LogP contribution in [0, 0.1) is 5.82 Å². The third kappa shape index (κ3) is 4.07. The van der Waals surface area contributed by atoms with Crippen LogP contribution in [0.5, 0.6) is 0 Å². The number of carbonyl (C=O) groups excluding carboxylic acids is 1. The first-order chi connectivity index (χ1) is 15.2. The molecule has 170 valence electrons. The summed E-state index contributed by atoms with van der Waals surface area (Å²) in [4.78, 5) is 27.2. The second-order valence-corrected chi connectivity index (χ2v) is 8.87. The summed E-state index contributed by atoms with van der Waals surface area (Å²) in [6.45, 7) is 5.15. The van der Waals surface area contributed by atoms with Crippen molar-refractivity contribution in [2.45, 2.75) is 38.3 Å². The molecule has 0 aliphatic carbocycles. The zero-order valence-electron chi connectivity index (χ0n) is 18.2. The Balaban J connectivity index is 1.61. The molecule has 0 radical (unpaired) electrons. The Bertz CT molecular complexity index is 1160. The Morgan fingerprint density at radius 2 is 2.12 bits per heavy atom. The van der Waals surface area contributed by atoms with Crippen molar-refractivity contribution in [3.8, 4) is 11.4 Å². The molecule has 4 heterocycles. The molecule has 1 aliphatic rings. The van der Waals surface area contributed by atoms with Gasteiger partial charge in [-0.25, -0.2) is 19.3 Å². The van der Waals surface area contributed by atoms with Gasteiger partial charge in [0.1, 0.15) is 0 Å². The third-order valence-electron chi connectivity index (χ3n) is 5.96. The number of nitrogens with two attached hydrogens (primary N) is 1. The quantitative estimate of drug-likeness (QED) is 0.501. The fourth-order valence-electron chi connectivity index (χ4n) is 4.13. The summed E-state index contributed by atoms with van der Waals surface area (Å²) >= 11 is 6.10. The average molecular weight is 461 g/mol. The van der Waals surface area contributed by atoms with Gasteiger partial charge in [0.2, 0.25) is 5.91 Å². The fraction of sp³-hybridized carbons (Fsp3) is 0.429. The first kappa shape index (κ1) is 22.2. The van der Waals surface area contributed by atoms with Crippen LogP contribution in [0.4, 0.5) is 10.2 Å². The van der Waals surface area contributed by atoms with Crippen LogP contribution >= 0.6 is 11.6 Å². The van der Waals surface area contributed by atoms with Crippen molar-refractivity contribution in [1.82, 2.24) is 29.8 Å². The molecule has 3 aromatic heterocycles. The predicted molar refractivity (Wildman–Crippen MR) is 122 cm³/mol. The number of rotatable bonds is 5. The monoisotopic (exact) mass is 460 g/mol. The minimum atomic E-state index is -0.667. The summed E-state index contributed by atoms with van der Waals surface area (Å²) in [5.41, 5.74) is 0.456. The SMILES string of the molecule is CNC(=O)C(C)(C)N1CCC[C@H](Nc2nc(-c3cn(N)c4ncc(Cl)cc34)ncc2F)C1. The zero-order chi connectivity index (χ0) is 23.0. The van der Waals surface area contributed by atoms with E-state index in [2.05, 4.69) is 30.5 Å². The Morgan fingerprint density at radius 3 is 2.88 bits per heavy atom. The maximum Gasteiger partial charge on any atom is 0.239 e. The molecule has 4 N–H and O–H groups in total. The van der Waals surface area contributed by atoms with E-state index in [0.717, 1.165) is 25.6 Å². The maximum absolute atomic E-state index is 14.6. The molecule has 1 amide bonds. The lowest BCUT2D eigenvalue weighted by Gasteiger charge is -2.42. The van der Waals surface area contributed by atoms with Gasteiger partial charge in [0.25, 0.3) is 0 Å². The number of piperidine rings is 1. The molecule has 11 heteroatoms. The van der Waals surface area contributed by atoms with Gasteiger partial charge in [-0.15, -0.1) is 0 Å². The van der Waals surface area contributed by atoms with E-state index in [1.807, 2.05) is 13.8 Å². The Hall–Kier alpha value is -2.98. The molecule has 0 unspecified atom stereocenters. The van der Waals surface area contributed by atoms with E-state index in [-0.39, 0.29) is 17.8 Å². The van der Waals surface area contributed by atoms with Crippen LogP contribution in [0.3, 0.4) is 0 Å². The number of likely N-dealkylation sites (tertiary alicyclic amines) is 1. The van der Waals surface area contributed by atoms with Gasteiger partial charge in [-0.1, -0.05) is 11.6 Å². The third-order valence-corrected chi connectivity index (χ3v) is 6.16. The second-order valence-electron chi connectivity index (χ2n) is 8.43. The van der Waals surface area contributed by atoms with E-state index < -0.39 is 11.4 Å². The zero-order valence-corrected chi connectivity index (χ0v) is 18.9. The van der Waals surface area contributed by atoms with E-state index >= 15 is 0 Å². The fourth-order valence-corrected chi connectivity index (χ4v) is 4.29. The van der Waals surface area contributed by atoms with Gasteiger partial charge < -0.3 is 16.5 Å². The standard InChI is InChI=1S/C21H26ClFN8O/c1-21(2,20(32)25-3)30-6-4-5-13(10-30)28-18-16(23)9-26-17(29-18)15-11-31(24)19-14(15)7-12(22)8-27-19/h7-9,11,13H,4-6,10,24H2,1-3H3,(H,25,32)(H,26,28,29)/t13-/m0/s1. The number of halogens is 2. The number of anilines is 1. The number of fused-ring (bicyclic) bond motifs is 1. The number of hydrogen-bond donors (Lipinski definition) is 3. The van der Waals surface area contributed by atoms with Crippen molar-refractivity contribution in [1.29, 1.82) is 0 Å². The smallest absolute Gasteiger partial charge is 0.239 e. The van der Waals surface area contributed by atoms with Gasteiger partial charge >= 0.3 is 0 Å². The van der Waals surface area contributed by atoms with Gasteiger partial charge in [0.15, 0.2) is 23.1 Å². The Morgan fingerprint density at radius 1 is 1.34 bits per heavy atom. The number of hydrogen-bond acceptors (Lipinski definition) is 7. The lowest BCUT2D eigenvalue weighted by Crippen LogP contribution is -2.58. The predicted octanol–water partition coefficient (Wildman–Crippen LogP) is 2.40. The van der Waals surface area contributed by atoms with Gasteiger partial charge in [-0.05, 0) is 39.3 Å². The van der Waals surface area contributed by atoms with Gasteiger partial charge in [-0.3, -0.25) is 14.4 Å². The van der Waals surface area contributed by atoms with Crippen molar-refractivity contribution in [2.75, 3.05) is 31.3 Å². The van der Waals surface area contributed by atoms with Crippen LogP contribution in [-0.2, 0) is 4.79 Å². The highest BCUT2D eigenvalue weighted by Gasteiger charge is 2.37. The van der Waals surface area contributed by atoms with Crippen molar-refractivity contribution in [2.24, 2.45) is 0 Å². The van der Waals surface area contributed by atoms with Crippen LogP contribution in [0.15, 0.2) is 24.7 Å². The molecule has 0 aromatic carbocycles. The number of aromatic nitrogens is 4. The highest BCUT2D eigenvalue weighted by Crippen LogP contribution is 2.30. The maximum atomic E-state index is 14.6. The largest absolute Gasteiger partial charge is 0.363 e.